The van der Waals surface area contributed by atoms with E-state index >= 15 is 0 Å². The quantitative estimate of drug-likeness (QED) is 0.585. The average Bonchev–Trinajstić information content (AvgIpc) is 3.48. The van der Waals surface area contributed by atoms with Gasteiger partial charge < -0.3 is 10.2 Å². The van der Waals surface area contributed by atoms with Crippen LogP contribution < -0.4 is 5.32 Å². The highest BCUT2D eigenvalue weighted by molar-refractivity contribution is 6.17. The first-order valence-corrected chi connectivity index (χ1v) is 11.6. The molecule has 166 valence electrons. The molecule has 5 rings (SSSR count). The molecule has 2 heterocycles. The maximum atomic E-state index is 4.78. The summed E-state index contributed by atoms with van der Waals surface area (Å²) in [4.78, 5) is 11.7. The SMILES string of the molecule is C=C(Nc1ccc(C2=NC(c3ccc(C)cc3)=NC2)cc1)C1CC(=C)N(C2=CCCC=C2)C1. The summed E-state index contributed by atoms with van der Waals surface area (Å²) in [6.07, 6.45) is 9.94. The van der Waals surface area contributed by atoms with E-state index in [1.165, 1.54) is 17.0 Å². The zero-order valence-electron chi connectivity index (χ0n) is 19.2. The smallest absolute Gasteiger partial charge is 0.155 e. The van der Waals surface area contributed by atoms with E-state index in [1.54, 1.807) is 0 Å². The van der Waals surface area contributed by atoms with Crippen LogP contribution in [-0.2, 0) is 0 Å². The van der Waals surface area contributed by atoms with Crippen molar-refractivity contribution in [1.29, 1.82) is 0 Å². The van der Waals surface area contributed by atoms with Crippen molar-refractivity contribution in [3.63, 3.8) is 0 Å². The van der Waals surface area contributed by atoms with Crippen LogP contribution in [0.5, 0.6) is 0 Å². The summed E-state index contributed by atoms with van der Waals surface area (Å²) in [5, 5.41) is 3.52. The third-order valence-electron chi connectivity index (χ3n) is 6.50. The highest BCUT2D eigenvalue weighted by Crippen LogP contribution is 2.34. The molecule has 33 heavy (non-hydrogen) atoms. The molecular formula is C29H30N4. The van der Waals surface area contributed by atoms with Crippen molar-refractivity contribution in [1.82, 2.24) is 4.90 Å². The Morgan fingerprint density at radius 2 is 1.79 bits per heavy atom. The van der Waals surface area contributed by atoms with Gasteiger partial charge in [0, 0.05) is 40.8 Å². The molecule has 2 aromatic rings. The number of benzene rings is 2. The topological polar surface area (TPSA) is 40.0 Å². The average molecular weight is 435 g/mol. The molecule has 0 radical (unpaired) electrons. The monoisotopic (exact) mass is 434 g/mol. The molecule has 2 aromatic carbocycles. The Hall–Kier alpha value is -3.66. The molecule has 4 nitrogen and oxygen atoms in total. The Bertz CT molecular complexity index is 1190. The highest BCUT2D eigenvalue weighted by Gasteiger charge is 2.29. The number of nitrogens with zero attached hydrogens (tertiary/aromatic N) is 3. The van der Waals surface area contributed by atoms with Crippen LogP contribution in [0, 0.1) is 12.8 Å². The van der Waals surface area contributed by atoms with Gasteiger partial charge in [-0.25, -0.2) is 4.99 Å². The van der Waals surface area contributed by atoms with Gasteiger partial charge in [0.15, 0.2) is 5.84 Å². The van der Waals surface area contributed by atoms with Gasteiger partial charge in [0.2, 0.25) is 0 Å². The lowest BCUT2D eigenvalue weighted by atomic mass is 10.0. The predicted molar refractivity (Wildman–Crippen MR) is 139 cm³/mol. The lowest BCUT2D eigenvalue weighted by Gasteiger charge is -2.23. The van der Waals surface area contributed by atoms with Gasteiger partial charge in [-0.2, -0.15) is 0 Å². The molecule has 0 spiro atoms. The van der Waals surface area contributed by atoms with Crippen LogP contribution in [0.4, 0.5) is 5.69 Å². The summed E-state index contributed by atoms with van der Waals surface area (Å²) in [6, 6.07) is 16.8. The van der Waals surface area contributed by atoms with Gasteiger partial charge in [0.25, 0.3) is 0 Å². The summed E-state index contributed by atoms with van der Waals surface area (Å²) >= 11 is 0. The third-order valence-corrected chi connectivity index (χ3v) is 6.50. The molecule has 0 bridgehead atoms. The molecule has 0 amide bonds. The zero-order valence-corrected chi connectivity index (χ0v) is 19.2. The van der Waals surface area contributed by atoms with Crippen LogP contribution >= 0.6 is 0 Å². The van der Waals surface area contributed by atoms with Gasteiger partial charge in [0.1, 0.15) is 0 Å². The first kappa shape index (κ1) is 21.2. The number of aliphatic imine (C=N–C) groups is 2. The van der Waals surface area contributed by atoms with Gasteiger partial charge in [-0.1, -0.05) is 67.3 Å². The fraction of sp³-hybridized carbons (Fsp3) is 0.241. The van der Waals surface area contributed by atoms with Gasteiger partial charge in [-0.05, 0) is 50.0 Å². The Balaban J connectivity index is 1.21. The van der Waals surface area contributed by atoms with Crippen LogP contribution in [0.1, 0.15) is 36.0 Å². The van der Waals surface area contributed by atoms with E-state index in [2.05, 4.69) is 102 Å². The van der Waals surface area contributed by atoms with Crippen molar-refractivity contribution >= 4 is 17.2 Å². The summed E-state index contributed by atoms with van der Waals surface area (Å²) in [5.74, 6) is 1.16. The number of likely N-dealkylation sites (tertiary alicyclic amines) is 1. The second-order valence-corrected chi connectivity index (χ2v) is 8.98. The van der Waals surface area contributed by atoms with Crippen LogP contribution in [0.15, 0.2) is 107 Å². The normalized spacial score (nSPS) is 19.9. The van der Waals surface area contributed by atoms with Gasteiger partial charge in [-0.15, -0.1) is 0 Å². The minimum atomic E-state index is 0.345. The maximum Gasteiger partial charge on any atom is 0.155 e. The molecule has 0 aromatic heterocycles. The zero-order chi connectivity index (χ0) is 22.8. The van der Waals surface area contributed by atoms with Crippen LogP contribution in [-0.4, -0.2) is 29.5 Å². The largest absolute Gasteiger partial charge is 0.359 e. The van der Waals surface area contributed by atoms with Crippen LogP contribution in [0.25, 0.3) is 0 Å². The lowest BCUT2D eigenvalue weighted by Crippen LogP contribution is -2.20. The van der Waals surface area contributed by atoms with Crippen molar-refractivity contribution in [2.75, 3.05) is 18.4 Å². The lowest BCUT2D eigenvalue weighted by molar-refractivity contribution is 0.472. The van der Waals surface area contributed by atoms with Crippen molar-refractivity contribution in [3.05, 3.63) is 114 Å². The molecule has 2 aliphatic heterocycles. The summed E-state index contributed by atoms with van der Waals surface area (Å²) in [7, 11) is 0. The summed E-state index contributed by atoms with van der Waals surface area (Å²) in [6.45, 7) is 12.3. The molecule has 1 N–H and O–H groups in total. The van der Waals surface area contributed by atoms with E-state index in [0.29, 0.717) is 12.5 Å². The first-order chi connectivity index (χ1) is 16.1. The minimum Gasteiger partial charge on any atom is -0.359 e. The second-order valence-electron chi connectivity index (χ2n) is 8.98. The van der Waals surface area contributed by atoms with Crippen LogP contribution in [0.3, 0.4) is 0 Å². The van der Waals surface area contributed by atoms with Crippen LogP contribution in [0.2, 0.25) is 0 Å². The van der Waals surface area contributed by atoms with Gasteiger partial charge >= 0.3 is 0 Å². The predicted octanol–water partition coefficient (Wildman–Crippen LogP) is 6.24. The van der Waals surface area contributed by atoms with E-state index < -0.39 is 0 Å². The molecule has 0 saturated carbocycles. The van der Waals surface area contributed by atoms with E-state index in [9.17, 15) is 0 Å². The maximum absolute atomic E-state index is 4.78. The molecule has 1 aliphatic carbocycles. The number of rotatable bonds is 6. The van der Waals surface area contributed by atoms with Crippen molar-refractivity contribution < 1.29 is 0 Å². The van der Waals surface area contributed by atoms with E-state index in [-0.39, 0.29) is 0 Å². The molecule has 1 fully saturated rings. The minimum absolute atomic E-state index is 0.345. The molecule has 1 saturated heterocycles. The Kier molecular flexibility index (Phi) is 5.82. The number of nitrogens with one attached hydrogen (secondary N) is 1. The Morgan fingerprint density at radius 3 is 2.52 bits per heavy atom. The number of hydrogen-bond donors (Lipinski definition) is 1. The third kappa shape index (κ3) is 4.61. The number of anilines is 1. The van der Waals surface area contributed by atoms with Crippen molar-refractivity contribution in [2.24, 2.45) is 15.9 Å². The number of hydrogen-bond acceptors (Lipinski definition) is 4. The second kappa shape index (κ2) is 9.07. The summed E-state index contributed by atoms with van der Waals surface area (Å²) < 4.78 is 0. The van der Waals surface area contributed by atoms with Gasteiger partial charge in [0.05, 0.1) is 12.3 Å². The van der Waals surface area contributed by atoms with E-state index in [1.807, 2.05) is 0 Å². The van der Waals surface area contributed by atoms with Crippen molar-refractivity contribution in [3.8, 4) is 0 Å². The number of amidine groups is 1. The molecule has 1 atom stereocenters. The molecular weight excluding hydrogens is 404 g/mol. The Labute approximate surface area is 196 Å². The van der Waals surface area contributed by atoms with E-state index in [0.717, 1.165) is 59.9 Å². The molecule has 3 aliphatic rings. The summed E-state index contributed by atoms with van der Waals surface area (Å²) in [5.41, 5.74) is 8.94. The Morgan fingerprint density at radius 1 is 1.03 bits per heavy atom. The van der Waals surface area contributed by atoms with Gasteiger partial charge in [-0.3, -0.25) is 4.99 Å². The molecule has 4 heteroatoms. The van der Waals surface area contributed by atoms with E-state index in [4.69, 9.17) is 4.99 Å². The first-order valence-electron chi connectivity index (χ1n) is 11.6. The molecule has 1 unspecified atom stereocenters. The fourth-order valence-corrected chi connectivity index (χ4v) is 4.53. The number of aryl methyl sites for hydroxylation is 1. The standard InChI is InChI=1S/C29H30N4/c1-20-9-11-24(12-10-20)29-30-18-28(32-29)23-13-15-26(16-14-23)31-22(3)25-17-21(2)33(19-25)27-7-5-4-6-8-27/h5,7-16,25,31H,2-4,6,17-19H2,1H3. The number of allylic oxidation sites excluding steroid dienone is 4. The fourth-order valence-electron chi connectivity index (χ4n) is 4.53. The van der Waals surface area contributed by atoms with Crippen molar-refractivity contribution in [2.45, 2.75) is 26.2 Å². The highest BCUT2D eigenvalue weighted by atomic mass is 15.2.